The first-order chi connectivity index (χ1) is 8.08. The fourth-order valence-electron chi connectivity index (χ4n) is 2.04. The summed E-state index contributed by atoms with van der Waals surface area (Å²) in [6.45, 7) is 1.64. The van der Waals surface area contributed by atoms with Crippen LogP contribution in [0, 0.1) is 11.3 Å². The third-order valence-corrected chi connectivity index (χ3v) is 3.51. The van der Waals surface area contributed by atoms with Crippen LogP contribution in [0.5, 0.6) is 0 Å². The van der Waals surface area contributed by atoms with Crippen LogP contribution < -0.4 is 10.6 Å². The fraction of sp³-hybridized carbons (Fsp3) is 0.455. The Hall–Kier alpha value is -1.000. The van der Waals surface area contributed by atoms with E-state index < -0.39 is 0 Å². The van der Waals surface area contributed by atoms with Crippen molar-refractivity contribution >= 4 is 34.9 Å². The number of hydrogen-bond acceptors (Lipinski definition) is 3. The number of halogens is 2. The molecule has 4 nitrogen and oxygen atoms in total. The van der Waals surface area contributed by atoms with Gasteiger partial charge in [-0.2, -0.15) is 0 Å². The summed E-state index contributed by atoms with van der Waals surface area (Å²) in [5.74, 6) is 1.23. The highest BCUT2D eigenvalue weighted by molar-refractivity contribution is 6.36. The lowest BCUT2D eigenvalue weighted by Gasteiger charge is -2.32. The topological polar surface area (TPSA) is 66.0 Å². The largest absolute Gasteiger partial charge is 0.387 e. The number of piperidine rings is 1. The molecule has 2 rings (SSSR count). The number of nitrogens with one attached hydrogen (secondary N) is 1. The zero-order valence-corrected chi connectivity index (χ0v) is 10.8. The predicted molar refractivity (Wildman–Crippen MR) is 71.1 cm³/mol. The highest BCUT2D eigenvalue weighted by atomic mass is 35.5. The summed E-state index contributed by atoms with van der Waals surface area (Å²) in [7, 11) is 0. The van der Waals surface area contributed by atoms with Gasteiger partial charge in [0.05, 0.1) is 15.9 Å². The first-order valence-electron chi connectivity index (χ1n) is 5.48. The zero-order valence-electron chi connectivity index (χ0n) is 9.29. The molecule has 0 radical (unpaired) electrons. The van der Waals surface area contributed by atoms with Crippen LogP contribution in [0.1, 0.15) is 12.8 Å². The van der Waals surface area contributed by atoms with Crippen LogP contribution in [-0.2, 0) is 0 Å². The molecule has 1 fully saturated rings. The quantitative estimate of drug-likeness (QED) is 0.642. The second-order valence-corrected chi connectivity index (χ2v) is 5.02. The van der Waals surface area contributed by atoms with E-state index >= 15 is 0 Å². The molecule has 0 bridgehead atoms. The smallest absolute Gasteiger partial charge is 0.147 e. The Kier molecular flexibility index (Phi) is 3.74. The lowest BCUT2D eigenvalue weighted by atomic mass is 9.96. The van der Waals surface area contributed by atoms with Crippen molar-refractivity contribution in [3.05, 3.63) is 22.3 Å². The Morgan fingerprint density at radius 2 is 2.06 bits per heavy atom. The molecule has 0 aromatic carbocycles. The van der Waals surface area contributed by atoms with Gasteiger partial charge in [0.25, 0.3) is 0 Å². The van der Waals surface area contributed by atoms with Crippen LogP contribution >= 0.6 is 23.2 Å². The molecule has 0 spiro atoms. The minimum Gasteiger partial charge on any atom is -0.387 e. The van der Waals surface area contributed by atoms with Crippen molar-refractivity contribution in [2.45, 2.75) is 12.8 Å². The van der Waals surface area contributed by atoms with E-state index in [4.69, 9.17) is 34.3 Å². The van der Waals surface area contributed by atoms with Gasteiger partial charge in [0, 0.05) is 25.2 Å². The normalized spacial score (nSPS) is 17.2. The number of anilines is 1. The van der Waals surface area contributed by atoms with Crippen LogP contribution in [0.15, 0.2) is 12.3 Å². The molecule has 1 aromatic heterocycles. The van der Waals surface area contributed by atoms with Crippen molar-refractivity contribution in [2.24, 2.45) is 11.7 Å². The minimum absolute atomic E-state index is 0.192. The lowest BCUT2D eigenvalue weighted by molar-refractivity contribution is 0.495. The van der Waals surface area contributed by atoms with E-state index in [1.807, 2.05) is 0 Å². The number of nitrogens with zero attached hydrogens (tertiary/aromatic N) is 2. The van der Waals surface area contributed by atoms with Crippen molar-refractivity contribution in [1.82, 2.24) is 4.98 Å². The predicted octanol–water partition coefficient (Wildman–Crippen LogP) is 2.54. The first-order valence-corrected chi connectivity index (χ1v) is 6.23. The van der Waals surface area contributed by atoms with Crippen molar-refractivity contribution in [3.8, 4) is 0 Å². The number of hydrogen-bond donors (Lipinski definition) is 2. The standard InChI is InChI=1S/C11H14Cl2N4/c12-8-5-9(13)11(16-6-8)17-3-1-7(2-4-17)10(14)15/h5-7H,1-4H2,(H3,14,15). The molecular weight excluding hydrogens is 259 g/mol. The second kappa shape index (κ2) is 5.10. The molecule has 0 unspecified atom stereocenters. The fourth-order valence-corrected chi connectivity index (χ4v) is 2.54. The van der Waals surface area contributed by atoms with Gasteiger partial charge in [0.1, 0.15) is 5.82 Å². The van der Waals surface area contributed by atoms with E-state index in [9.17, 15) is 0 Å². The highest BCUT2D eigenvalue weighted by Gasteiger charge is 2.23. The van der Waals surface area contributed by atoms with Crippen molar-refractivity contribution in [3.63, 3.8) is 0 Å². The average molecular weight is 273 g/mol. The van der Waals surface area contributed by atoms with Gasteiger partial charge in [0.2, 0.25) is 0 Å². The van der Waals surface area contributed by atoms with Gasteiger partial charge < -0.3 is 10.6 Å². The second-order valence-electron chi connectivity index (χ2n) is 4.18. The molecule has 1 aromatic rings. The first kappa shape index (κ1) is 12.5. The van der Waals surface area contributed by atoms with E-state index in [0.717, 1.165) is 31.7 Å². The molecule has 17 heavy (non-hydrogen) atoms. The number of amidine groups is 1. The van der Waals surface area contributed by atoms with Crippen LogP contribution in [0.4, 0.5) is 5.82 Å². The van der Waals surface area contributed by atoms with Gasteiger partial charge in [-0.25, -0.2) is 4.98 Å². The van der Waals surface area contributed by atoms with Gasteiger partial charge in [-0.05, 0) is 18.9 Å². The van der Waals surface area contributed by atoms with Crippen LogP contribution in [0.3, 0.4) is 0 Å². The van der Waals surface area contributed by atoms with Gasteiger partial charge >= 0.3 is 0 Å². The van der Waals surface area contributed by atoms with E-state index in [1.54, 1.807) is 12.3 Å². The van der Waals surface area contributed by atoms with Crippen LogP contribution in [0.2, 0.25) is 10.0 Å². The monoisotopic (exact) mass is 272 g/mol. The molecule has 0 amide bonds. The summed E-state index contributed by atoms with van der Waals surface area (Å²) in [5, 5.41) is 8.54. The molecule has 2 heterocycles. The van der Waals surface area contributed by atoms with E-state index in [0.29, 0.717) is 10.0 Å². The molecule has 1 aliphatic heterocycles. The molecule has 3 N–H and O–H groups in total. The Labute approximate surface area is 110 Å². The zero-order chi connectivity index (χ0) is 12.4. The van der Waals surface area contributed by atoms with E-state index in [-0.39, 0.29) is 11.8 Å². The van der Waals surface area contributed by atoms with Crippen molar-refractivity contribution in [2.75, 3.05) is 18.0 Å². The SMILES string of the molecule is N=C(N)C1CCN(c2ncc(Cl)cc2Cl)CC1. The number of pyridine rings is 1. The molecule has 0 aliphatic carbocycles. The van der Waals surface area contributed by atoms with Gasteiger partial charge in [-0.15, -0.1) is 0 Å². The van der Waals surface area contributed by atoms with Crippen molar-refractivity contribution < 1.29 is 0 Å². The molecular formula is C11H14Cl2N4. The average Bonchev–Trinajstić information content (AvgIpc) is 2.29. The van der Waals surface area contributed by atoms with E-state index in [1.165, 1.54) is 0 Å². The molecule has 0 atom stereocenters. The Bertz CT molecular complexity index is 427. The minimum atomic E-state index is 0.192. The summed E-state index contributed by atoms with van der Waals surface area (Å²) in [6.07, 6.45) is 3.34. The summed E-state index contributed by atoms with van der Waals surface area (Å²) >= 11 is 11.9. The Balaban J connectivity index is 2.08. The summed E-state index contributed by atoms with van der Waals surface area (Å²) in [4.78, 5) is 6.36. The summed E-state index contributed by atoms with van der Waals surface area (Å²) in [6, 6.07) is 1.70. The third-order valence-electron chi connectivity index (χ3n) is 3.02. The lowest BCUT2D eigenvalue weighted by Crippen LogP contribution is -2.38. The van der Waals surface area contributed by atoms with Gasteiger partial charge in [-0.1, -0.05) is 23.2 Å². The van der Waals surface area contributed by atoms with Crippen LogP contribution in [-0.4, -0.2) is 23.9 Å². The number of nitrogens with two attached hydrogens (primary N) is 1. The highest BCUT2D eigenvalue weighted by Crippen LogP contribution is 2.29. The number of aromatic nitrogens is 1. The number of rotatable bonds is 2. The maximum absolute atomic E-state index is 7.43. The Morgan fingerprint density at radius 3 is 2.59 bits per heavy atom. The molecule has 1 aliphatic rings. The van der Waals surface area contributed by atoms with Crippen LogP contribution in [0.25, 0.3) is 0 Å². The van der Waals surface area contributed by atoms with Gasteiger partial charge in [-0.3, -0.25) is 5.41 Å². The molecule has 0 saturated carbocycles. The van der Waals surface area contributed by atoms with E-state index in [2.05, 4.69) is 9.88 Å². The summed E-state index contributed by atoms with van der Waals surface area (Å²) < 4.78 is 0. The summed E-state index contributed by atoms with van der Waals surface area (Å²) in [5.41, 5.74) is 5.51. The van der Waals surface area contributed by atoms with Gasteiger partial charge in [0.15, 0.2) is 0 Å². The maximum Gasteiger partial charge on any atom is 0.147 e. The molecule has 6 heteroatoms. The third kappa shape index (κ3) is 2.82. The Morgan fingerprint density at radius 1 is 1.41 bits per heavy atom. The molecule has 1 saturated heterocycles. The molecule has 92 valence electrons. The van der Waals surface area contributed by atoms with Crippen molar-refractivity contribution in [1.29, 1.82) is 5.41 Å². The maximum atomic E-state index is 7.43.